The molecule has 19 heavy (non-hydrogen) atoms. The molecule has 0 aromatic heterocycles. The maximum absolute atomic E-state index is 12.4. The standard InChI is InChI=1S/C13H15ClN2O3/c1-9-3-2-6-15(8-9)13(17)11-7-10(16(18)19)4-5-12(11)14/h4-5,7,9H,2-3,6,8H2,1H3. The number of non-ortho nitro benzene ring substituents is 1. The smallest absolute Gasteiger partial charge is 0.270 e. The summed E-state index contributed by atoms with van der Waals surface area (Å²) in [6, 6.07) is 3.96. The molecular weight excluding hydrogens is 268 g/mol. The minimum absolute atomic E-state index is 0.113. The number of carbonyl (C=O) groups is 1. The molecule has 5 nitrogen and oxygen atoms in total. The summed E-state index contributed by atoms with van der Waals surface area (Å²) >= 11 is 5.98. The van der Waals surface area contributed by atoms with Gasteiger partial charge in [0.15, 0.2) is 0 Å². The number of nitrogens with zero attached hydrogens (tertiary/aromatic N) is 2. The van der Waals surface area contributed by atoms with Crippen molar-refractivity contribution in [2.45, 2.75) is 19.8 Å². The van der Waals surface area contributed by atoms with Crippen LogP contribution in [0.3, 0.4) is 0 Å². The Labute approximate surface area is 116 Å². The molecule has 1 unspecified atom stereocenters. The van der Waals surface area contributed by atoms with Crippen LogP contribution in [0, 0.1) is 16.0 Å². The number of carbonyl (C=O) groups excluding carboxylic acids is 1. The largest absolute Gasteiger partial charge is 0.338 e. The van der Waals surface area contributed by atoms with Crippen molar-refractivity contribution in [1.29, 1.82) is 0 Å². The molecule has 1 atom stereocenters. The van der Waals surface area contributed by atoms with Gasteiger partial charge < -0.3 is 4.90 Å². The lowest BCUT2D eigenvalue weighted by molar-refractivity contribution is -0.384. The van der Waals surface area contributed by atoms with Crippen LogP contribution in [-0.2, 0) is 0 Å². The van der Waals surface area contributed by atoms with Gasteiger partial charge >= 0.3 is 0 Å². The quantitative estimate of drug-likeness (QED) is 0.618. The summed E-state index contributed by atoms with van der Waals surface area (Å²) < 4.78 is 0. The van der Waals surface area contributed by atoms with Gasteiger partial charge in [0.1, 0.15) is 0 Å². The fraction of sp³-hybridized carbons (Fsp3) is 0.462. The molecule has 1 saturated heterocycles. The maximum atomic E-state index is 12.4. The molecule has 1 aliphatic rings. The van der Waals surface area contributed by atoms with Crippen LogP contribution in [0.4, 0.5) is 5.69 Å². The lowest BCUT2D eigenvalue weighted by atomic mass is 9.99. The first-order chi connectivity index (χ1) is 8.99. The highest BCUT2D eigenvalue weighted by Gasteiger charge is 2.25. The van der Waals surface area contributed by atoms with Gasteiger partial charge in [-0.15, -0.1) is 0 Å². The summed E-state index contributed by atoms with van der Waals surface area (Å²) in [6.07, 6.45) is 2.06. The van der Waals surface area contributed by atoms with Crippen LogP contribution in [0.2, 0.25) is 5.02 Å². The molecule has 1 aromatic carbocycles. The second-order valence-electron chi connectivity index (χ2n) is 4.92. The van der Waals surface area contributed by atoms with Crippen molar-refractivity contribution in [3.05, 3.63) is 38.9 Å². The van der Waals surface area contributed by atoms with E-state index in [1.807, 2.05) is 0 Å². The highest BCUT2D eigenvalue weighted by molar-refractivity contribution is 6.33. The van der Waals surface area contributed by atoms with Gasteiger partial charge in [-0.1, -0.05) is 18.5 Å². The van der Waals surface area contributed by atoms with Gasteiger partial charge in [0.05, 0.1) is 15.5 Å². The van der Waals surface area contributed by atoms with Gasteiger partial charge in [0.2, 0.25) is 0 Å². The lowest BCUT2D eigenvalue weighted by Crippen LogP contribution is -2.39. The number of piperidine rings is 1. The number of hydrogen-bond acceptors (Lipinski definition) is 3. The molecular formula is C13H15ClN2O3. The molecule has 0 radical (unpaired) electrons. The van der Waals surface area contributed by atoms with E-state index in [9.17, 15) is 14.9 Å². The minimum Gasteiger partial charge on any atom is -0.338 e. The van der Waals surface area contributed by atoms with Crippen LogP contribution in [0.1, 0.15) is 30.1 Å². The number of amides is 1. The molecule has 1 aliphatic heterocycles. The van der Waals surface area contributed by atoms with Crippen LogP contribution >= 0.6 is 11.6 Å². The third-order valence-electron chi connectivity index (χ3n) is 3.34. The Bertz CT molecular complexity index is 519. The monoisotopic (exact) mass is 282 g/mol. The van der Waals surface area contributed by atoms with E-state index in [1.165, 1.54) is 18.2 Å². The SMILES string of the molecule is CC1CCCN(C(=O)c2cc([N+](=O)[O-])ccc2Cl)C1. The number of likely N-dealkylation sites (tertiary alicyclic amines) is 1. The van der Waals surface area contributed by atoms with Gasteiger partial charge in [0.25, 0.3) is 11.6 Å². The van der Waals surface area contributed by atoms with Gasteiger partial charge in [-0.3, -0.25) is 14.9 Å². The highest BCUT2D eigenvalue weighted by atomic mass is 35.5. The number of halogens is 1. The molecule has 0 aliphatic carbocycles. The number of rotatable bonds is 2. The summed E-state index contributed by atoms with van der Waals surface area (Å²) in [5.41, 5.74) is 0.0998. The molecule has 1 fully saturated rings. The van der Waals surface area contributed by atoms with Crippen molar-refractivity contribution in [3.63, 3.8) is 0 Å². The topological polar surface area (TPSA) is 63.5 Å². The summed E-state index contributed by atoms with van der Waals surface area (Å²) in [5.74, 6) is 0.232. The van der Waals surface area contributed by atoms with Crippen LogP contribution in [0.5, 0.6) is 0 Å². The average Bonchev–Trinajstić information content (AvgIpc) is 2.38. The van der Waals surface area contributed by atoms with Gasteiger partial charge in [-0.25, -0.2) is 0 Å². The Hall–Kier alpha value is -1.62. The Morgan fingerprint density at radius 3 is 2.89 bits per heavy atom. The Morgan fingerprint density at radius 1 is 1.53 bits per heavy atom. The number of benzene rings is 1. The Morgan fingerprint density at radius 2 is 2.26 bits per heavy atom. The zero-order chi connectivity index (χ0) is 14.0. The molecule has 0 spiro atoms. The minimum atomic E-state index is -0.522. The zero-order valence-electron chi connectivity index (χ0n) is 10.6. The fourth-order valence-electron chi connectivity index (χ4n) is 2.33. The average molecular weight is 283 g/mol. The summed E-state index contributed by atoms with van der Waals surface area (Å²) in [5, 5.41) is 11.0. The van der Waals surface area contributed by atoms with Crippen molar-refractivity contribution in [2.24, 2.45) is 5.92 Å². The summed E-state index contributed by atoms with van der Waals surface area (Å²) in [6.45, 7) is 3.45. The van der Waals surface area contributed by atoms with Gasteiger partial charge in [-0.2, -0.15) is 0 Å². The van der Waals surface area contributed by atoms with E-state index in [0.717, 1.165) is 12.8 Å². The molecule has 6 heteroatoms. The lowest BCUT2D eigenvalue weighted by Gasteiger charge is -2.31. The van der Waals surface area contributed by atoms with E-state index in [2.05, 4.69) is 6.92 Å². The van der Waals surface area contributed by atoms with Crippen LogP contribution < -0.4 is 0 Å². The van der Waals surface area contributed by atoms with E-state index >= 15 is 0 Å². The van der Waals surface area contributed by atoms with E-state index in [0.29, 0.717) is 19.0 Å². The fourth-order valence-corrected chi connectivity index (χ4v) is 2.53. The van der Waals surface area contributed by atoms with E-state index in [1.54, 1.807) is 4.90 Å². The molecule has 2 rings (SSSR count). The van der Waals surface area contributed by atoms with Crippen LogP contribution in [0.15, 0.2) is 18.2 Å². The van der Waals surface area contributed by atoms with E-state index in [-0.39, 0.29) is 22.2 Å². The third kappa shape index (κ3) is 3.04. The van der Waals surface area contributed by atoms with Crippen molar-refractivity contribution >= 4 is 23.2 Å². The highest BCUT2D eigenvalue weighted by Crippen LogP contribution is 2.25. The van der Waals surface area contributed by atoms with Crippen LogP contribution in [0.25, 0.3) is 0 Å². The normalized spacial score (nSPS) is 19.3. The Balaban J connectivity index is 2.27. The summed E-state index contributed by atoms with van der Waals surface area (Å²) in [7, 11) is 0. The molecule has 102 valence electrons. The second-order valence-corrected chi connectivity index (χ2v) is 5.33. The predicted molar refractivity (Wildman–Crippen MR) is 72.4 cm³/mol. The van der Waals surface area contributed by atoms with Crippen LogP contribution in [-0.4, -0.2) is 28.8 Å². The van der Waals surface area contributed by atoms with Gasteiger partial charge in [-0.05, 0) is 24.8 Å². The third-order valence-corrected chi connectivity index (χ3v) is 3.66. The summed E-state index contributed by atoms with van der Waals surface area (Å²) in [4.78, 5) is 24.3. The van der Waals surface area contributed by atoms with Crippen molar-refractivity contribution in [1.82, 2.24) is 4.90 Å². The number of nitro benzene ring substituents is 1. The molecule has 1 heterocycles. The van der Waals surface area contributed by atoms with E-state index in [4.69, 9.17) is 11.6 Å². The molecule has 1 aromatic rings. The molecule has 0 bridgehead atoms. The Kier molecular flexibility index (Phi) is 4.04. The van der Waals surface area contributed by atoms with Gasteiger partial charge in [0, 0.05) is 25.2 Å². The van der Waals surface area contributed by atoms with Crippen molar-refractivity contribution in [2.75, 3.05) is 13.1 Å². The predicted octanol–water partition coefficient (Wildman–Crippen LogP) is 3.12. The first-order valence-electron chi connectivity index (χ1n) is 6.22. The van der Waals surface area contributed by atoms with Crippen molar-refractivity contribution < 1.29 is 9.72 Å². The first-order valence-corrected chi connectivity index (χ1v) is 6.60. The molecule has 0 N–H and O–H groups in total. The first kappa shape index (κ1) is 13.8. The van der Waals surface area contributed by atoms with E-state index < -0.39 is 4.92 Å². The second kappa shape index (κ2) is 5.57. The number of hydrogen-bond donors (Lipinski definition) is 0. The number of nitro groups is 1. The molecule has 1 amide bonds. The zero-order valence-corrected chi connectivity index (χ0v) is 11.4. The molecule has 0 saturated carbocycles. The van der Waals surface area contributed by atoms with Crippen molar-refractivity contribution in [3.8, 4) is 0 Å². The maximum Gasteiger partial charge on any atom is 0.270 e.